The van der Waals surface area contributed by atoms with Crippen molar-refractivity contribution in [3.8, 4) is 0 Å². The van der Waals surface area contributed by atoms with Crippen molar-refractivity contribution < 1.29 is 18.4 Å². The zero-order valence-corrected chi connectivity index (χ0v) is 12.2. The van der Waals surface area contributed by atoms with E-state index in [2.05, 4.69) is 0 Å². The van der Waals surface area contributed by atoms with Gasteiger partial charge < -0.3 is 10.6 Å². The van der Waals surface area contributed by atoms with Crippen LogP contribution in [0.2, 0.25) is 0 Å². The summed E-state index contributed by atoms with van der Waals surface area (Å²) in [7, 11) is 0. The molecule has 1 heterocycles. The number of amides is 2. The SMILES string of the molecule is NC(=O)[C@H]1CCCN(C(=O)CSc2ccc(F)cc2F)C1. The Morgan fingerprint density at radius 2 is 2.14 bits per heavy atom. The van der Waals surface area contributed by atoms with E-state index in [0.717, 1.165) is 30.3 Å². The van der Waals surface area contributed by atoms with Crippen molar-refractivity contribution >= 4 is 23.6 Å². The Labute approximate surface area is 125 Å². The number of benzene rings is 1. The van der Waals surface area contributed by atoms with Gasteiger partial charge in [0.15, 0.2) is 0 Å². The number of nitrogens with two attached hydrogens (primary N) is 1. The predicted molar refractivity (Wildman–Crippen MR) is 75.6 cm³/mol. The van der Waals surface area contributed by atoms with Gasteiger partial charge in [0.2, 0.25) is 11.8 Å². The van der Waals surface area contributed by atoms with E-state index in [1.807, 2.05) is 0 Å². The summed E-state index contributed by atoms with van der Waals surface area (Å²) in [6, 6.07) is 3.25. The van der Waals surface area contributed by atoms with Crippen LogP contribution in [0.15, 0.2) is 23.1 Å². The fraction of sp³-hybridized carbons (Fsp3) is 0.429. The first kappa shape index (κ1) is 15.8. The summed E-state index contributed by atoms with van der Waals surface area (Å²) < 4.78 is 26.3. The van der Waals surface area contributed by atoms with Crippen molar-refractivity contribution in [1.29, 1.82) is 0 Å². The highest BCUT2D eigenvalue weighted by Crippen LogP contribution is 2.24. The topological polar surface area (TPSA) is 63.4 Å². The van der Waals surface area contributed by atoms with Gasteiger partial charge >= 0.3 is 0 Å². The Hall–Kier alpha value is -1.63. The molecule has 114 valence electrons. The van der Waals surface area contributed by atoms with Gasteiger partial charge in [-0.1, -0.05) is 0 Å². The Balaban J connectivity index is 1.90. The summed E-state index contributed by atoms with van der Waals surface area (Å²) in [4.78, 5) is 25.1. The Bertz CT molecular complexity index is 554. The number of carbonyl (C=O) groups is 2. The largest absolute Gasteiger partial charge is 0.369 e. The first-order valence-corrected chi connectivity index (χ1v) is 7.61. The summed E-state index contributed by atoms with van der Waals surface area (Å²) in [5.41, 5.74) is 5.26. The smallest absolute Gasteiger partial charge is 0.232 e. The molecule has 2 amide bonds. The molecule has 4 nitrogen and oxygen atoms in total. The van der Waals surface area contributed by atoms with Crippen LogP contribution in [0.5, 0.6) is 0 Å². The van der Waals surface area contributed by atoms with Crippen LogP contribution in [0.4, 0.5) is 8.78 Å². The van der Waals surface area contributed by atoms with Crippen LogP contribution in [0.1, 0.15) is 12.8 Å². The van der Waals surface area contributed by atoms with Gasteiger partial charge in [0.1, 0.15) is 11.6 Å². The maximum absolute atomic E-state index is 13.5. The van der Waals surface area contributed by atoms with Crippen molar-refractivity contribution in [3.05, 3.63) is 29.8 Å². The number of hydrogen-bond acceptors (Lipinski definition) is 3. The van der Waals surface area contributed by atoms with Crippen LogP contribution in [0.25, 0.3) is 0 Å². The molecule has 1 atom stereocenters. The summed E-state index contributed by atoms with van der Waals surface area (Å²) in [5, 5.41) is 0. The number of likely N-dealkylation sites (tertiary alicyclic amines) is 1. The van der Waals surface area contributed by atoms with Gasteiger partial charge in [0.05, 0.1) is 11.7 Å². The van der Waals surface area contributed by atoms with Crippen LogP contribution >= 0.6 is 11.8 Å². The van der Waals surface area contributed by atoms with Gasteiger partial charge in [-0.2, -0.15) is 0 Å². The second kappa shape index (κ2) is 6.89. The molecule has 21 heavy (non-hydrogen) atoms. The van der Waals surface area contributed by atoms with Gasteiger partial charge in [0, 0.05) is 24.1 Å². The number of primary amides is 1. The Morgan fingerprint density at radius 1 is 1.38 bits per heavy atom. The minimum Gasteiger partial charge on any atom is -0.369 e. The van der Waals surface area contributed by atoms with Crippen LogP contribution in [-0.2, 0) is 9.59 Å². The van der Waals surface area contributed by atoms with Gasteiger partial charge in [-0.15, -0.1) is 11.8 Å². The number of hydrogen-bond donors (Lipinski definition) is 1. The summed E-state index contributed by atoms with van der Waals surface area (Å²) in [5.74, 6) is -2.16. The predicted octanol–water partition coefficient (Wildman–Crippen LogP) is 1.78. The minimum absolute atomic E-state index is 0.0496. The van der Waals surface area contributed by atoms with E-state index >= 15 is 0 Å². The standard InChI is InChI=1S/C14H16F2N2O2S/c15-10-3-4-12(11(16)6-10)21-8-13(19)18-5-1-2-9(7-18)14(17)20/h3-4,6,9H,1-2,5,7-8H2,(H2,17,20)/t9-/m0/s1. The number of piperidine rings is 1. The summed E-state index contributed by atoms with van der Waals surface area (Å²) >= 11 is 1.02. The lowest BCUT2D eigenvalue weighted by Gasteiger charge is -2.31. The molecular formula is C14H16F2N2O2S. The van der Waals surface area contributed by atoms with Crippen molar-refractivity contribution in [1.82, 2.24) is 4.90 Å². The van der Waals surface area contributed by atoms with Gasteiger partial charge in [-0.25, -0.2) is 8.78 Å². The number of rotatable bonds is 4. The van der Waals surface area contributed by atoms with Crippen LogP contribution in [0, 0.1) is 17.6 Å². The molecular weight excluding hydrogens is 298 g/mol. The van der Waals surface area contributed by atoms with Gasteiger partial charge in [0.25, 0.3) is 0 Å². The second-order valence-corrected chi connectivity index (χ2v) is 5.96. The Morgan fingerprint density at radius 3 is 2.81 bits per heavy atom. The van der Waals surface area contributed by atoms with E-state index in [-0.39, 0.29) is 22.5 Å². The fourth-order valence-electron chi connectivity index (χ4n) is 2.26. The van der Waals surface area contributed by atoms with E-state index in [1.165, 1.54) is 6.07 Å². The highest BCUT2D eigenvalue weighted by atomic mass is 32.2. The van der Waals surface area contributed by atoms with E-state index in [0.29, 0.717) is 19.5 Å². The number of halogens is 2. The normalized spacial score (nSPS) is 18.6. The van der Waals surface area contributed by atoms with Crippen molar-refractivity contribution in [2.45, 2.75) is 17.7 Å². The summed E-state index contributed by atoms with van der Waals surface area (Å²) in [6.45, 7) is 0.899. The molecule has 0 bridgehead atoms. The maximum atomic E-state index is 13.5. The molecule has 1 aliphatic heterocycles. The molecule has 2 N–H and O–H groups in total. The molecule has 1 fully saturated rings. The van der Waals surface area contributed by atoms with E-state index in [9.17, 15) is 18.4 Å². The Kier molecular flexibility index (Phi) is 5.17. The lowest BCUT2D eigenvalue weighted by molar-refractivity contribution is -0.132. The van der Waals surface area contributed by atoms with Crippen molar-refractivity contribution in [3.63, 3.8) is 0 Å². The summed E-state index contributed by atoms with van der Waals surface area (Å²) in [6.07, 6.45) is 1.42. The highest BCUT2D eigenvalue weighted by molar-refractivity contribution is 8.00. The van der Waals surface area contributed by atoms with Crippen molar-refractivity contribution in [2.24, 2.45) is 11.7 Å². The third-order valence-corrected chi connectivity index (χ3v) is 4.45. The first-order chi connectivity index (χ1) is 9.97. The average molecular weight is 314 g/mol. The monoisotopic (exact) mass is 314 g/mol. The fourth-order valence-corrected chi connectivity index (χ4v) is 3.08. The maximum Gasteiger partial charge on any atom is 0.232 e. The minimum atomic E-state index is -0.679. The number of carbonyl (C=O) groups excluding carboxylic acids is 2. The molecule has 0 aromatic heterocycles. The molecule has 1 saturated heterocycles. The van der Waals surface area contributed by atoms with Crippen LogP contribution < -0.4 is 5.73 Å². The third kappa shape index (κ3) is 4.17. The molecule has 1 aromatic rings. The molecule has 0 aliphatic carbocycles. The third-order valence-electron chi connectivity index (χ3n) is 3.42. The second-order valence-electron chi connectivity index (χ2n) is 4.94. The van der Waals surface area contributed by atoms with Crippen LogP contribution in [0.3, 0.4) is 0 Å². The van der Waals surface area contributed by atoms with E-state index < -0.39 is 17.5 Å². The molecule has 0 unspecified atom stereocenters. The van der Waals surface area contributed by atoms with Gasteiger partial charge in [-0.3, -0.25) is 9.59 Å². The lowest BCUT2D eigenvalue weighted by Crippen LogP contribution is -2.44. The zero-order chi connectivity index (χ0) is 15.4. The molecule has 2 rings (SSSR count). The molecule has 1 aliphatic rings. The van der Waals surface area contributed by atoms with Crippen molar-refractivity contribution in [2.75, 3.05) is 18.8 Å². The average Bonchev–Trinajstić information content (AvgIpc) is 2.46. The quantitative estimate of drug-likeness (QED) is 0.862. The molecule has 0 saturated carbocycles. The lowest BCUT2D eigenvalue weighted by atomic mass is 9.97. The molecule has 0 radical (unpaired) electrons. The van der Waals surface area contributed by atoms with E-state index in [1.54, 1.807) is 4.90 Å². The van der Waals surface area contributed by atoms with Gasteiger partial charge in [-0.05, 0) is 25.0 Å². The molecule has 0 spiro atoms. The molecule has 7 heteroatoms. The van der Waals surface area contributed by atoms with Crippen LogP contribution in [-0.4, -0.2) is 35.6 Å². The molecule has 1 aromatic carbocycles. The zero-order valence-electron chi connectivity index (χ0n) is 11.4. The first-order valence-electron chi connectivity index (χ1n) is 6.62. The number of nitrogens with zero attached hydrogens (tertiary/aromatic N) is 1. The number of thioether (sulfide) groups is 1. The van der Waals surface area contributed by atoms with E-state index in [4.69, 9.17) is 5.73 Å². The highest BCUT2D eigenvalue weighted by Gasteiger charge is 2.26.